The highest BCUT2D eigenvalue weighted by Gasteiger charge is 2.10. The van der Waals surface area contributed by atoms with Crippen molar-refractivity contribution in [2.75, 3.05) is 12.4 Å². The largest absolute Gasteiger partial charge is 0.495 e. The molecule has 110 valence electrons. The molecule has 21 heavy (non-hydrogen) atoms. The molecule has 0 aliphatic rings. The van der Waals surface area contributed by atoms with E-state index in [9.17, 15) is 9.59 Å². The molecule has 0 fully saturated rings. The fourth-order valence-electron chi connectivity index (χ4n) is 1.74. The molecule has 1 aromatic carbocycles. The number of ether oxygens (including phenoxy) is 1. The van der Waals surface area contributed by atoms with Crippen molar-refractivity contribution in [3.05, 3.63) is 36.2 Å². The number of carbonyl (C=O) groups excluding carboxylic acids is 1. The smallest absolute Gasteiger partial charge is 0.309 e. The molecule has 1 heterocycles. The Morgan fingerprint density at radius 3 is 2.86 bits per heavy atom. The Labute approximate surface area is 120 Å². The Hall–Kier alpha value is -2.90. The molecular weight excluding hydrogens is 276 g/mol. The minimum atomic E-state index is -1.000. The van der Waals surface area contributed by atoms with E-state index in [1.165, 1.54) is 18.0 Å². The van der Waals surface area contributed by atoms with Crippen molar-refractivity contribution < 1.29 is 19.4 Å². The van der Waals surface area contributed by atoms with E-state index in [1.807, 2.05) is 0 Å². The molecule has 0 aliphatic carbocycles. The normalized spacial score (nSPS) is 10.1. The minimum Gasteiger partial charge on any atom is -0.495 e. The van der Waals surface area contributed by atoms with Gasteiger partial charge in [0.05, 0.1) is 24.9 Å². The summed E-state index contributed by atoms with van der Waals surface area (Å²) in [5.41, 5.74) is 0.850. The Kier molecular flexibility index (Phi) is 4.50. The van der Waals surface area contributed by atoms with E-state index in [2.05, 4.69) is 15.6 Å². The summed E-state index contributed by atoms with van der Waals surface area (Å²) in [6.45, 7) is -0.0648. The maximum Gasteiger partial charge on any atom is 0.309 e. The number of nitrogens with zero attached hydrogens (tertiary/aromatic N) is 3. The van der Waals surface area contributed by atoms with Crippen LogP contribution in [0.15, 0.2) is 30.5 Å². The lowest BCUT2D eigenvalue weighted by molar-refractivity contribution is -0.136. The number of carbonyl (C=O) groups is 2. The first kappa shape index (κ1) is 14.5. The maximum atomic E-state index is 11.9. The first-order valence-corrected chi connectivity index (χ1v) is 6.12. The van der Waals surface area contributed by atoms with Crippen LogP contribution < -0.4 is 10.1 Å². The SMILES string of the molecule is COc1ccccc1NC(=O)Cn1cc(CC(=O)O)nn1. The molecule has 0 saturated heterocycles. The second kappa shape index (κ2) is 6.51. The number of carboxylic acids is 1. The molecule has 1 amide bonds. The Morgan fingerprint density at radius 1 is 1.38 bits per heavy atom. The third-order valence-electron chi connectivity index (χ3n) is 2.61. The van der Waals surface area contributed by atoms with Gasteiger partial charge in [-0.3, -0.25) is 9.59 Å². The van der Waals surface area contributed by atoms with Gasteiger partial charge >= 0.3 is 5.97 Å². The standard InChI is InChI=1S/C13H14N4O4/c1-21-11-5-3-2-4-10(11)14-12(18)8-17-7-9(15-16-17)6-13(19)20/h2-5,7H,6,8H2,1H3,(H,14,18)(H,19,20). The van der Waals surface area contributed by atoms with Crippen molar-refractivity contribution in [1.29, 1.82) is 0 Å². The van der Waals surface area contributed by atoms with Crippen molar-refractivity contribution in [2.24, 2.45) is 0 Å². The van der Waals surface area contributed by atoms with E-state index in [0.29, 0.717) is 17.1 Å². The summed E-state index contributed by atoms with van der Waals surface area (Å²) in [5.74, 6) is -0.761. The molecule has 0 bridgehead atoms. The van der Waals surface area contributed by atoms with Gasteiger partial charge in [-0.15, -0.1) is 5.10 Å². The van der Waals surface area contributed by atoms with Crippen LogP contribution in [0.2, 0.25) is 0 Å². The average Bonchev–Trinajstić information content (AvgIpc) is 2.85. The van der Waals surface area contributed by atoms with Gasteiger partial charge < -0.3 is 15.2 Å². The van der Waals surface area contributed by atoms with Gasteiger partial charge in [0.2, 0.25) is 5.91 Å². The van der Waals surface area contributed by atoms with Crippen LogP contribution in [0.1, 0.15) is 5.69 Å². The number of aliphatic carboxylic acids is 1. The first-order chi connectivity index (χ1) is 10.1. The lowest BCUT2D eigenvalue weighted by Crippen LogP contribution is -2.19. The van der Waals surface area contributed by atoms with Crippen LogP contribution in [0.25, 0.3) is 0 Å². The van der Waals surface area contributed by atoms with Gasteiger partial charge in [-0.1, -0.05) is 17.3 Å². The summed E-state index contributed by atoms with van der Waals surface area (Å²) in [5, 5.41) is 18.7. The van der Waals surface area contributed by atoms with Crippen LogP contribution in [-0.2, 0) is 22.6 Å². The number of amides is 1. The van der Waals surface area contributed by atoms with Crippen molar-refractivity contribution >= 4 is 17.6 Å². The van der Waals surface area contributed by atoms with E-state index < -0.39 is 5.97 Å². The highest BCUT2D eigenvalue weighted by atomic mass is 16.5. The van der Waals surface area contributed by atoms with Gasteiger partial charge in [-0.25, -0.2) is 4.68 Å². The van der Waals surface area contributed by atoms with Crippen molar-refractivity contribution in [3.8, 4) is 5.75 Å². The summed E-state index contributed by atoms with van der Waals surface area (Å²) in [4.78, 5) is 22.5. The van der Waals surface area contributed by atoms with Crippen LogP contribution >= 0.6 is 0 Å². The molecular formula is C13H14N4O4. The average molecular weight is 290 g/mol. The van der Waals surface area contributed by atoms with Crippen LogP contribution in [-0.4, -0.2) is 39.1 Å². The molecule has 2 rings (SSSR count). The summed E-state index contributed by atoms with van der Waals surface area (Å²) < 4.78 is 6.41. The third-order valence-corrected chi connectivity index (χ3v) is 2.61. The van der Waals surface area contributed by atoms with Crippen LogP contribution in [0, 0.1) is 0 Å². The highest BCUT2D eigenvalue weighted by molar-refractivity contribution is 5.92. The number of carboxylic acid groups (broad SMARTS) is 1. The lowest BCUT2D eigenvalue weighted by atomic mass is 10.3. The number of methoxy groups -OCH3 is 1. The summed E-state index contributed by atoms with van der Waals surface area (Å²) in [6, 6.07) is 7.02. The van der Waals surface area contributed by atoms with Crippen LogP contribution in [0.4, 0.5) is 5.69 Å². The number of para-hydroxylation sites is 2. The fourth-order valence-corrected chi connectivity index (χ4v) is 1.74. The highest BCUT2D eigenvalue weighted by Crippen LogP contribution is 2.22. The van der Waals surface area contributed by atoms with Crippen LogP contribution in [0.3, 0.4) is 0 Å². The van der Waals surface area contributed by atoms with Gasteiger partial charge in [0, 0.05) is 6.20 Å². The van der Waals surface area contributed by atoms with E-state index >= 15 is 0 Å². The number of anilines is 1. The summed E-state index contributed by atoms with van der Waals surface area (Å²) >= 11 is 0. The Balaban J connectivity index is 1.98. The van der Waals surface area contributed by atoms with Crippen molar-refractivity contribution in [2.45, 2.75) is 13.0 Å². The number of rotatable bonds is 6. The quantitative estimate of drug-likeness (QED) is 0.804. The molecule has 1 aromatic heterocycles. The summed E-state index contributed by atoms with van der Waals surface area (Å²) in [7, 11) is 1.51. The van der Waals surface area contributed by atoms with Gasteiger partial charge in [0.15, 0.2) is 0 Å². The molecule has 8 nitrogen and oxygen atoms in total. The molecule has 0 radical (unpaired) electrons. The molecule has 0 unspecified atom stereocenters. The lowest BCUT2D eigenvalue weighted by Gasteiger charge is -2.09. The number of benzene rings is 1. The Morgan fingerprint density at radius 2 is 2.14 bits per heavy atom. The van der Waals surface area contributed by atoms with E-state index in [-0.39, 0.29) is 18.9 Å². The zero-order valence-corrected chi connectivity index (χ0v) is 11.3. The predicted molar refractivity (Wildman–Crippen MR) is 73.0 cm³/mol. The second-order valence-electron chi connectivity index (χ2n) is 4.23. The monoisotopic (exact) mass is 290 g/mol. The van der Waals surface area contributed by atoms with Crippen LogP contribution in [0.5, 0.6) is 5.75 Å². The number of hydrogen-bond donors (Lipinski definition) is 2. The molecule has 0 atom stereocenters. The van der Waals surface area contributed by atoms with Crippen molar-refractivity contribution in [1.82, 2.24) is 15.0 Å². The zero-order valence-electron chi connectivity index (χ0n) is 11.3. The minimum absolute atomic E-state index is 0.0648. The first-order valence-electron chi connectivity index (χ1n) is 6.12. The predicted octanol–water partition coefficient (Wildman–Crippen LogP) is 0.552. The molecule has 8 heteroatoms. The molecule has 2 aromatic rings. The molecule has 0 aliphatic heterocycles. The van der Waals surface area contributed by atoms with E-state index in [4.69, 9.17) is 9.84 Å². The number of hydrogen-bond acceptors (Lipinski definition) is 5. The fraction of sp³-hybridized carbons (Fsp3) is 0.231. The Bertz CT molecular complexity index is 653. The molecule has 0 spiro atoms. The van der Waals surface area contributed by atoms with Gasteiger partial charge in [-0.05, 0) is 12.1 Å². The number of nitrogens with one attached hydrogen (secondary N) is 1. The van der Waals surface area contributed by atoms with Gasteiger partial charge in [-0.2, -0.15) is 0 Å². The molecule has 0 saturated carbocycles. The molecule has 2 N–H and O–H groups in total. The third kappa shape index (κ3) is 4.03. The van der Waals surface area contributed by atoms with Gasteiger partial charge in [0.25, 0.3) is 0 Å². The second-order valence-corrected chi connectivity index (χ2v) is 4.23. The topological polar surface area (TPSA) is 106 Å². The number of aromatic nitrogens is 3. The zero-order chi connectivity index (χ0) is 15.2. The summed E-state index contributed by atoms with van der Waals surface area (Å²) in [6.07, 6.45) is 1.20. The van der Waals surface area contributed by atoms with Crippen molar-refractivity contribution in [3.63, 3.8) is 0 Å². The van der Waals surface area contributed by atoms with Gasteiger partial charge in [0.1, 0.15) is 12.3 Å². The van der Waals surface area contributed by atoms with E-state index in [1.54, 1.807) is 24.3 Å². The maximum absolute atomic E-state index is 11.9. The van der Waals surface area contributed by atoms with E-state index in [0.717, 1.165) is 0 Å².